The zero-order valence-corrected chi connectivity index (χ0v) is 13.2. The minimum atomic E-state index is -1.46. The number of amides is 1. The lowest BCUT2D eigenvalue weighted by Gasteiger charge is -2.32. The van der Waals surface area contributed by atoms with Crippen molar-refractivity contribution >= 4 is 22.4 Å². The third kappa shape index (κ3) is 3.95. The average Bonchev–Trinajstić information content (AvgIpc) is 2.48. The highest BCUT2D eigenvalue weighted by Gasteiger charge is 2.22. The first-order valence-electron chi connectivity index (χ1n) is 6.79. The molecule has 1 aliphatic heterocycles. The van der Waals surface area contributed by atoms with Crippen molar-refractivity contribution in [1.29, 1.82) is 0 Å². The molecule has 0 aliphatic carbocycles. The number of nitrogens with zero attached hydrogens (tertiary/aromatic N) is 2. The van der Waals surface area contributed by atoms with Gasteiger partial charge in [-0.15, -0.1) is 0 Å². The van der Waals surface area contributed by atoms with Crippen LogP contribution in [0.1, 0.15) is 0 Å². The summed E-state index contributed by atoms with van der Waals surface area (Å²) in [6.07, 6.45) is 0. The number of nitrogen functional groups attached to an aromatic ring is 1. The number of carbonyl (C=O) groups excluding carboxylic acids is 1. The summed E-state index contributed by atoms with van der Waals surface area (Å²) in [6, 6.07) is 4.98. The van der Waals surface area contributed by atoms with Crippen LogP contribution in [0, 0.1) is 0 Å². The maximum Gasteiger partial charge on any atom is 0.235 e. The van der Waals surface area contributed by atoms with Crippen LogP contribution in [0.25, 0.3) is 0 Å². The Kier molecular flexibility index (Phi) is 5.19. The van der Waals surface area contributed by atoms with E-state index in [0.29, 0.717) is 29.4 Å². The Hall–Kier alpha value is -1.60. The molecule has 1 fully saturated rings. The van der Waals surface area contributed by atoms with Crippen molar-refractivity contribution in [2.45, 2.75) is 4.90 Å². The van der Waals surface area contributed by atoms with Crippen molar-refractivity contribution < 1.29 is 13.7 Å². The summed E-state index contributed by atoms with van der Waals surface area (Å²) in [5, 5.41) is 0. The smallest absolute Gasteiger partial charge is 0.235 e. The van der Waals surface area contributed by atoms with E-state index in [0.717, 1.165) is 13.1 Å². The van der Waals surface area contributed by atoms with E-state index in [1.807, 2.05) is 7.05 Å². The zero-order valence-electron chi connectivity index (χ0n) is 12.4. The first-order valence-corrected chi connectivity index (χ1v) is 8.11. The number of likely N-dealkylation sites (N-methyl/N-ethyl adjacent to an activating group) is 1. The van der Waals surface area contributed by atoms with Crippen LogP contribution in [-0.2, 0) is 15.6 Å². The molecule has 2 N–H and O–H groups in total. The van der Waals surface area contributed by atoms with E-state index in [1.165, 1.54) is 7.11 Å². The molecule has 1 atom stereocenters. The van der Waals surface area contributed by atoms with Gasteiger partial charge in [0.25, 0.3) is 0 Å². The summed E-state index contributed by atoms with van der Waals surface area (Å²) in [5.41, 5.74) is 6.25. The summed E-state index contributed by atoms with van der Waals surface area (Å²) < 4.78 is 17.5. The quantitative estimate of drug-likeness (QED) is 0.802. The Morgan fingerprint density at radius 3 is 2.62 bits per heavy atom. The number of rotatable bonds is 4. The lowest BCUT2D eigenvalue weighted by molar-refractivity contribution is -0.129. The Morgan fingerprint density at radius 2 is 2.00 bits per heavy atom. The molecule has 116 valence electrons. The van der Waals surface area contributed by atoms with Gasteiger partial charge >= 0.3 is 0 Å². The molecule has 0 bridgehead atoms. The number of nitrogens with two attached hydrogens (primary N) is 1. The first kappa shape index (κ1) is 15.8. The van der Waals surface area contributed by atoms with Crippen molar-refractivity contribution in [3.05, 3.63) is 18.2 Å². The molecule has 1 unspecified atom stereocenters. The molecule has 1 amide bonds. The third-order valence-electron chi connectivity index (χ3n) is 3.58. The van der Waals surface area contributed by atoms with Crippen molar-refractivity contribution in [2.75, 3.05) is 51.8 Å². The van der Waals surface area contributed by atoms with E-state index in [1.54, 1.807) is 23.1 Å². The summed E-state index contributed by atoms with van der Waals surface area (Å²) in [4.78, 5) is 16.6. The fourth-order valence-electron chi connectivity index (χ4n) is 2.18. The Labute approximate surface area is 127 Å². The molecule has 1 aromatic carbocycles. The van der Waals surface area contributed by atoms with Crippen molar-refractivity contribution in [3.63, 3.8) is 0 Å². The first-order chi connectivity index (χ1) is 10.0. The molecule has 0 saturated carbocycles. The second kappa shape index (κ2) is 6.91. The number of hydrogen-bond donors (Lipinski definition) is 1. The lowest BCUT2D eigenvalue weighted by Crippen LogP contribution is -2.48. The van der Waals surface area contributed by atoms with E-state index in [9.17, 15) is 9.00 Å². The minimum Gasteiger partial charge on any atom is -0.497 e. The van der Waals surface area contributed by atoms with Gasteiger partial charge in [-0.25, -0.2) is 0 Å². The van der Waals surface area contributed by atoms with Gasteiger partial charge in [-0.1, -0.05) is 0 Å². The largest absolute Gasteiger partial charge is 0.497 e. The van der Waals surface area contributed by atoms with Gasteiger partial charge in [0.15, 0.2) is 0 Å². The molecule has 1 aliphatic rings. The number of hydrogen-bond acceptors (Lipinski definition) is 5. The van der Waals surface area contributed by atoms with Crippen LogP contribution >= 0.6 is 0 Å². The van der Waals surface area contributed by atoms with Gasteiger partial charge < -0.3 is 20.3 Å². The minimum absolute atomic E-state index is 0.0406. The molecular weight excluding hydrogens is 290 g/mol. The summed E-state index contributed by atoms with van der Waals surface area (Å²) in [6.45, 7) is 3.06. The highest BCUT2D eigenvalue weighted by molar-refractivity contribution is 7.86. The molecule has 1 heterocycles. The maximum absolute atomic E-state index is 12.4. The highest BCUT2D eigenvalue weighted by Crippen LogP contribution is 2.23. The monoisotopic (exact) mass is 311 g/mol. The van der Waals surface area contributed by atoms with Gasteiger partial charge in [-0.05, 0) is 25.2 Å². The number of ether oxygens (including phenoxy) is 1. The van der Waals surface area contributed by atoms with Crippen LogP contribution in [0.4, 0.5) is 5.69 Å². The molecule has 0 aromatic heterocycles. The normalized spacial score (nSPS) is 17.5. The predicted molar refractivity (Wildman–Crippen MR) is 82.8 cm³/mol. The average molecular weight is 311 g/mol. The van der Waals surface area contributed by atoms with Gasteiger partial charge in [0, 0.05) is 31.9 Å². The molecule has 1 saturated heterocycles. The number of piperazine rings is 1. The molecular formula is C14H21N3O3S. The summed E-state index contributed by atoms with van der Waals surface area (Å²) >= 11 is 0. The van der Waals surface area contributed by atoms with Gasteiger partial charge in [0.2, 0.25) is 5.91 Å². The van der Waals surface area contributed by atoms with Crippen molar-refractivity contribution in [2.24, 2.45) is 0 Å². The van der Waals surface area contributed by atoms with E-state index >= 15 is 0 Å². The third-order valence-corrected chi connectivity index (χ3v) is 4.93. The fourth-order valence-corrected chi connectivity index (χ4v) is 3.32. The van der Waals surface area contributed by atoms with E-state index < -0.39 is 10.8 Å². The molecule has 0 radical (unpaired) electrons. The van der Waals surface area contributed by atoms with Crippen LogP contribution in [0.3, 0.4) is 0 Å². The summed E-state index contributed by atoms with van der Waals surface area (Å²) in [7, 11) is 2.10. The molecule has 6 nitrogen and oxygen atoms in total. The lowest BCUT2D eigenvalue weighted by atomic mass is 10.3. The number of benzene rings is 1. The number of carbonyl (C=O) groups is 1. The van der Waals surface area contributed by atoms with Gasteiger partial charge in [-0.2, -0.15) is 0 Å². The second-order valence-electron chi connectivity index (χ2n) is 5.08. The Bertz CT molecular complexity index is 542. The van der Waals surface area contributed by atoms with Gasteiger partial charge in [0.1, 0.15) is 11.5 Å². The SMILES string of the molecule is COc1ccc(N)c(S(=O)CC(=O)N2CCN(C)CC2)c1. The standard InChI is InChI=1S/C14H21N3O3S/c1-16-5-7-17(8-6-16)14(18)10-21(19)13-9-11(20-2)3-4-12(13)15/h3-4,9H,5-8,10,15H2,1-2H3. The Balaban J connectivity index is 2.02. The van der Waals surface area contributed by atoms with Crippen LogP contribution in [0.5, 0.6) is 5.75 Å². The maximum atomic E-state index is 12.4. The predicted octanol–water partition coefficient (Wildman–Crippen LogP) is 0.159. The van der Waals surface area contributed by atoms with E-state index in [4.69, 9.17) is 10.5 Å². The highest BCUT2D eigenvalue weighted by atomic mass is 32.2. The second-order valence-corrected chi connectivity index (χ2v) is 6.50. The zero-order chi connectivity index (χ0) is 15.4. The molecule has 0 spiro atoms. The van der Waals surface area contributed by atoms with E-state index in [-0.39, 0.29) is 11.7 Å². The molecule has 1 aromatic rings. The van der Waals surface area contributed by atoms with Crippen LogP contribution in [0.2, 0.25) is 0 Å². The molecule has 21 heavy (non-hydrogen) atoms. The van der Waals surface area contributed by atoms with Crippen LogP contribution < -0.4 is 10.5 Å². The fraction of sp³-hybridized carbons (Fsp3) is 0.500. The molecule has 7 heteroatoms. The van der Waals surface area contributed by atoms with Crippen molar-refractivity contribution in [3.8, 4) is 5.75 Å². The summed E-state index contributed by atoms with van der Waals surface area (Å²) in [5.74, 6) is 0.449. The van der Waals surface area contributed by atoms with Crippen molar-refractivity contribution in [1.82, 2.24) is 9.80 Å². The Morgan fingerprint density at radius 1 is 1.33 bits per heavy atom. The molecule has 2 rings (SSSR count). The van der Waals surface area contributed by atoms with Crippen LogP contribution in [0.15, 0.2) is 23.1 Å². The topological polar surface area (TPSA) is 75.9 Å². The van der Waals surface area contributed by atoms with Crippen LogP contribution in [-0.4, -0.2) is 66.0 Å². The number of methoxy groups -OCH3 is 1. The van der Waals surface area contributed by atoms with Gasteiger partial charge in [0.05, 0.1) is 22.8 Å². The number of anilines is 1. The van der Waals surface area contributed by atoms with Gasteiger partial charge in [-0.3, -0.25) is 9.00 Å². The van der Waals surface area contributed by atoms with E-state index in [2.05, 4.69) is 4.90 Å².